The normalized spacial score (nSPS) is 12.7. The third kappa shape index (κ3) is 5.94. The summed E-state index contributed by atoms with van der Waals surface area (Å²) < 4.78 is 7.12. The fourth-order valence-corrected chi connectivity index (χ4v) is 2.17. The van der Waals surface area contributed by atoms with Crippen molar-refractivity contribution in [2.45, 2.75) is 26.3 Å². The lowest BCUT2D eigenvalue weighted by atomic mass is 10.3. The standard InChI is InChI=1S/C15H24N6O.HI/c1-4-16-15(18-12(2)11-22-3)17-9-8-14-20-19-13-7-5-6-10-21(13)14;/h5-7,10,12H,4,8-9,11H2,1-3H3,(H2,16,17,18);1H. The lowest BCUT2D eigenvalue weighted by Gasteiger charge is -2.16. The van der Waals surface area contributed by atoms with Crippen molar-refractivity contribution in [3.05, 3.63) is 30.2 Å². The molecule has 1 atom stereocenters. The number of ether oxygens (including phenoxy) is 1. The summed E-state index contributed by atoms with van der Waals surface area (Å²) in [6, 6.07) is 6.08. The van der Waals surface area contributed by atoms with Crippen molar-refractivity contribution in [3.8, 4) is 0 Å². The highest BCUT2D eigenvalue weighted by molar-refractivity contribution is 14.0. The molecule has 23 heavy (non-hydrogen) atoms. The van der Waals surface area contributed by atoms with Crippen LogP contribution in [0.4, 0.5) is 0 Å². The van der Waals surface area contributed by atoms with Crippen LogP contribution in [-0.4, -0.2) is 53.4 Å². The zero-order valence-electron chi connectivity index (χ0n) is 13.8. The van der Waals surface area contributed by atoms with Crippen LogP contribution in [0.25, 0.3) is 5.65 Å². The Hall–Kier alpha value is -1.42. The Morgan fingerprint density at radius 3 is 2.96 bits per heavy atom. The molecular formula is C15H25IN6O. The second-order valence-electron chi connectivity index (χ2n) is 5.06. The van der Waals surface area contributed by atoms with Gasteiger partial charge in [-0.25, -0.2) is 0 Å². The van der Waals surface area contributed by atoms with E-state index in [1.54, 1.807) is 7.11 Å². The number of hydrogen-bond acceptors (Lipinski definition) is 4. The maximum atomic E-state index is 5.13. The molecule has 2 rings (SSSR count). The minimum absolute atomic E-state index is 0. The number of pyridine rings is 1. The van der Waals surface area contributed by atoms with Crippen molar-refractivity contribution >= 4 is 35.6 Å². The quantitative estimate of drug-likeness (QED) is 0.394. The molecule has 0 saturated heterocycles. The van der Waals surface area contributed by atoms with Crippen molar-refractivity contribution in [3.63, 3.8) is 0 Å². The van der Waals surface area contributed by atoms with Gasteiger partial charge in [-0.05, 0) is 26.0 Å². The van der Waals surface area contributed by atoms with E-state index in [4.69, 9.17) is 4.74 Å². The second-order valence-corrected chi connectivity index (χ2v) is 5.06. The van der Waals surface area contributed by atoms with Gasteiger partial charge in [-0.15, -0.1) is 34.2 Å². The van der Waals surface area contributed by atoms with Crippen molar-refractivity contribution < 1.29 is 4.74 Å². The first kappa shape index (κ1) is 19.6. The third-order valence-electron chi connectivity index (χ3n) is 3.13. The van der Waals surface area contributed by atoms with E-state index in [2.05, 4.69) is 32.7 Å². The Balaban J connectivity index is 0.00000264. The summed E-state index contributed by atoms with van der Waals surface area (Å²) in [5.74, 6) is 1.71. The fraction of sp³-hybridized carbons (Fsp3) is 0.533. The van der Waals surface area contributed by atoms with E-state index in [1.165, 1.54) is 0 Å². The van der Waals surface area contributed by atoms with E-state index in [0.717, 1.165) is 30.4 Å². The van der Waals surface area contributed by atoms with E-state index < -0.39 is 0 Å². The summed E-state index contributed by atoms with van der Waals surface area (Å²) in [4.78, 5) is 4.58. The van der Waals surface area contributed by atoms with Crippen LogP contribution >= 0.6 is 24.0 Å². The van der Waals surface area contributed by atoms with Crippen LogP contribution in [0.2, 0.25) is 0 Å². The lowest BCUT2D eigenvalue weighted by Crippen LogP contribution is -2.44. The van der Waals surface area contributed by atoms with Crippen molar-refractivity contribution in [2.24, 2.45) is 4.99 Å². The van der Waals surface area contributed by atoms with Crippen LogP contribution in [0, 0.1) is 0 Å². The van der Waals surface area contributed by atoms with Crippen LogP contribution in [0.5, 0.6) is 0 Å². The largest absolute Gasteiger partial charge is 0.383 e. The number of halogens is 1. The van der Waals surface area contributed by atoms with Gasteiger partial charge in [0.05, 0.1) is 6.61 Å². The molecule has 0 amide bonds. The third-order valence-corrected chi connectivity index (χ3v) is 3.13. The summed E-state index contributed by atoms with van der Waals surface area (Å²) in [6.07, 6.45) is 2.71. The molecule has 2 aromatic heterocycles. The minimum atomic E-state index is 0. The molecule has 0 aliphatic carbocycles. The molecule has 0 spiro atoms. The Morgan fingerprint density at radius 2 is 2.22 bits per heavy atom. The number of nitrogens with one attached hydrogen (secondary N) is 2. The molecule has 0 aliphatic heterocycles. The maximum absolute atomic E-state index is 5.13. The summed E-state index contributed by atoms with van der Waals surface area (Å²) in [6.45, 7) is 6.20. The number of hydrogen-bond donors (Lipinski definition) is 2. The fourth-order valence-electron chi connectivity index (χ4n) is 2.17. The first-order chi connectivity index (χ1) is 10.7. The molecule has 2 heterocycles. The highest BCUT2D eigenvalue weighted by atomic mass is 127. The van der Waals surface area contributed by atoms with Gasteiger partial charge in [0.1, 0.15) is 5.82 Å². The van der Waals surface area contributed by atoms with E-state index in [-0.39, 0.29) is 30.0 Å². The van der Waals surface area contributed by atoms with Crippen molar-refractivity contribution in [2.75, 3.05) is 26.8 Å². The molecule has 1 unspecified atom stereocenters. The average molecular weight is 432 g/mol. The molecule has 2 N–H and O–H groups in total. The molecule has 7 nitrogen and oxygen atoms in total. The number of methoxy groups -OCH3 is 1. The van der Waals surface area contributed by atoms with Crippen LogP contribution in [0.15, 0.2) is 29.4 Å². The number of aromatic nitrogens is 3. The van der Waals surface area contributed by atoms with Crippen molar-refractivity contribution in [1.82, 2.24) is 25.2 Å². The topological polar surface area (TPSA) is 75.8 Å². The molecule has 0 saturated carbocycles. The smallest absolute Gasteiger partial charge is 0.191 e. The molecule has 0 aromatic carbocycles. The van der Waals surface area contributed by atoms with Gasteiger partial charge in [0.15, 0.2) is 11.6 Å². The van der Waals surface area contributed by atoms with Crippen LogP contribution in [0.3, 0.4) is 0 Å². The van der Waals surface area contributed by atoms with Gasteiger partial charge in [0.2, 0.25) is 0 Å². The van der Waals surface area contributed by atoms with E-state index >= 15 is 0 Å². The molecule has 0 bridgehead atoms. The Labute approximate surface area is 153 Å². The highest BCUT2D eigenvalue weighted by Gasteiger charge is 2.06. The number of rotatable bonds is 7. The average Bonchev–Trinajstić information content (AvgIpc) is 2.91. The number of guanidine groups is 1. The number of fused-ring (bicyclic) bond motifs is 1. The molecular weight excluding hydrogens is 407 g/mol. The maximum Gasteiger partial charge on any atom is 0.191 e. The van der Waals surface area contributed by atoms with Gasteiger partial charge in [-0.1, -0.05) is 6.07 Å². The van der Waals surface area contributed by atoms with Gasteiger partial charge in [-0.2, -0.15) is 0 Å². The molecule has 0 radical (unpaired) electrons. The SMILES string of the molecule is CCNC(=NCCc1nnc2ccccn12)NC(C)COC.I. The summed E-state index contributed by atoms with van der Waals surface area (Å²) in [5, 5.41) is 14.9. The Kier molecular flexibility index (Phi) is 8.85. The van der Waals surface area contributed by atoms with Crippen molar-refractivity contribution in [1.29, 1.82) is 0 Å². The summed E-state index contributed by atoms with van der Waals surface area (Å²) >= 11 is 0. The molecule has 128 valence electrons. The molecule has 0 aliphatic rings. The van der Waals surface area contributed by atoms with Crippen LogP contribution in [-0.2, 0) is 11.2 Å². The van der Waals surface area contributed by atoms with Gasteiger partial charge >= 0.3 is 0 Å². The van der Waals surface area contributed by atoms with Gasteiger partial charge in [0, 0.05) is 38.9 Å². The molecule has 8 heteroatoms. The summed E-state index contributed by atoms with van der Waals surface area (Å²) in [5.41, 5.74) is 0.861. The van der Waals surface area contributed by atoms with Gasteiger partial charge in [-0.3, -0.25) is 9.39 Å². The number of nitrogens with zero attached hydrogens (tertiary/aromatic N) is 4. The van der Waals surface area contributed by atoms with Gasteiger partial charge < -0.3 is 15.4 Å². The number of aliphatic imine (C=N–C) groups is 1. The minimum Gasteiger partial charge on any atom is -0.383 e. The molecule has 0 fully saturated rings. The van der Waals surface area contributed by atoms with E-state index in [0.29, 0.717) is 13.2 Å². The zero-order chi connectivity index (χ0) is 15.8. The van der Waals surface area contributed by atoms with E-state index in [9.17, 15) is 0 Å². The molecule has 2 aromatic rings. The van der Waals surface area contributed by atoms with E-state index in [1.807, 2.05) is 35.7 Å². The second kappa shape index (κ2) is 10.4. The Morgan fingerprint density at radius 1 is 1.39 bits per heavy atom. The van der Waals surface area contributed by atoms with Crippen LogP contribution in [0.1, 0.15) is 19.7 Å². The monoisotopic (exact) mass is 432 g/mol. The Bertz CT molecular complexity index is 615. The zero-order valence-corrected chi connectivity index (χ0v) is 16.2. The lowest BCUT2D eigenvalue weighted by molar-refractivity contribution is 0.179. The van der Waals surface area contributed by atoms with Crippen LogP contribution < -0.4 is 10.6 Å². The highest BCUT2D eigenvalue weighted by Crippen LogP contribution is 2.03. The first-order valence-corrected chi connectivity index (χ1v) is 7.57. The first-order valence-electron chi connectivity index (χ1n) is 7.57. The predicted molar refractivity (Wildman–Crippen MR) is 103 cm³/mol. The van der Waals surface area contributed by atoms with Gasteiger partial charge in [0.25, 0.3) is 0 Å². The predicted octanol–water partition coefficient (Wildman–Crippen LogP) is 1.48. The summed E-state index contributed by atoms with van der Waals surface area (Å²) in [7, 11) is 1.69.